The Labute approximate surface area is 200 Å². The predicted octanol–water partition coefficient (Wildman–Crippen LogP) is 1.81. The third-order valence-corrected chi connectivity index (χ3v) is 5.49. The Bertz CT molecular complexity index is 1210. The van der Waals surface area contributed by atoms with E-state index in [4.69, 9.17) is 14.2 Å². The van der Waals surface area contributed by atoms with Crippen LogP contribution in [0.3, 0.4) is 0 Å². The van der Waals surface area contributed by atoms with Crippen LogP contribution in [0.25, 0.3) is 0 Å². The van der Waals surface area contributed by atoms with E-state index in [-0.39, 0.29) is 30.1 Å². The third-order valence-electron chi connectivity index (χ3n) is 5.49. The number of benzene rings is 2. The number of anilines is 2. The number of para-hydroxylation sites is 1. The summed E-state index contributed by atoms with van der Waals surface area (Å²) in [6.45, 7) is 1.50. The Morgan fingerprint density at radius 3 is 2.49 bits per heavy atom. The lowest BCUT2D eigenvalue weighted by molar-refractivity contribution is -0.123. The van der Waals surface area contributed by atoms with Gasteiger partial charge in [-0.1, -0.05) is 17.4 Å². The van der Waals surface area contributed by atoms with E-state index in [1.165, 1.54) is 26.4 Å². The molecular weight excluding hydrogens is 458 g/mol. The van der Waals surface area contributed by atoms with Gasteiger partial charge >= 0.3 is 5.97 Å². The van der Waals surface area contributed by atoms with Crippen molar-refractivity contribution in [1.29, 1.82) is 0 Å². The molecule has 0 bridgehead atoms. The topological polar surface area (TPSA) is 139 Å². The summed E-state index contributed by atoms with van der Waals surface area (Å²) in [6, 6.07) is 8.89. The maximum atomic E-state index is 13.2. The molecule has 2 unspecified atom stereocenters. The summed E-state index contributed by atoms with van der Waals surface area (Å²) in [4.78, 5) is 52.0. The van der Waals surface area contributed by atoms with E-state index in [1.54, 1.807) is 37.3 Å². The minimum absolute atomic E-state index is 0.186. The molecule has 3 amide bonds. The quantitative estimate of drug-likeness (QED) is 0.445. The Kier molecular flexibility index (Phi) is 6.62. The van der Waals surface area contributed by atoms with E-state index in [0.29, 0.717) is 11.5 Å². The summed E-state index contributed by atoms with van der Waals surface area (Å²) in [7, 11) is 2.92. The first kappa shape index (κ1) is 23.7. The molecule has 35 heavy (non-hydrogen) atoms. The number of imide groups is 1. The van der Waals surface area contributed by atoms with Crippen molar-refractivity contribution in [1.82, 2.24) is 5.01 Å². The summed E-state index contributed by atoms with van der Waals surface area (Å²) in [6.07, 6.45) is 0. The zero-order valence-corrected chi connectivity index (χ0v) is 19.3. The highest BCUT2D eigenvalue weighted by Gasteiger charge is 2.55. The number of nitrogens with one attached hydrogen (secondary N) is 1. The monoisotopic (exact) mass is 481 g/mol. The molecule has 182 valence electrons. The number of ether oxygens (including phenoxy) is 3. The largest absolute Gasteiger partial charge is 0.493 e. The van der Waals surface area contributed by atoms with Crippen molar-refractivity contribution in [2.75, 3.05) is 37.6 Å². The average molecular weight is 481 g/mol. The second-order valence-corrected chi connectivity index (χ2v) is 7.56. The van der Waals surface area contributed by atoms with Gasteiger partial charge < -0.3 is 19.5 Å². The van der Waals surface area contributed by atoms with Crippen LogP contribution in [0.5, 0.6) is 11.5 Å². The molecule has 0 radical (unpaired) electrons. The summed E-state index contributed by atoms with van der Waals surface area (Å²) >= 11 is 0. The van der Waals surface area contributed by atoms with Crippen LogP contribution in [0.1, 0.15) is 17.3 Å². The highest BCUT2D eigenvalue weighted by molar-refractivity contribution is 6.25. The molecule has 2 aliphatic heterocycles. The fourth-order valence-corrected chi connectivity index (χ4v) is 3.89. The van der Waals surface area contributed by atoms with Crippen LogP contribution in [0.2, 0.25) is 0 Å². The number of hydrogen-bond donors (Lipinski definition) is 1. The molecule has 0 aliphatic carbocycles. The summed E-state index contributed by atoms with van der Waals surface area (Å²) in [5.41, 5.74) is 0.731. The van der Waals surface area contributed by atoms with Crippen LogP contribution in [0, 0.1) is 0 Å². The van der Waals surface area contributed by atoms with Gasteiger partial charge in [0.05, 0.1) is 37.8 Å². The zero-order chi connectivity index (χ0) is 25.1. The fourth-order valence-electron chi connectivity index (χ4n) is 3.89. The van der Waals surface area contributed by atoms with Gasteiger partial charge in [-0.25, -0.2) is 9.69 Å². The number of esters is 1. The standard InChI is InChI=1S/C23H23N5O7/c1-4-35-23(32)14-7-5-6-8-15(14)24-18(29)12-27-20-19(25-26-27)21(30)28(22(20)31)13-9-10-16(33-2)17(11-13)34-3/h5-11,19-20H,4,12H2,1-3H3,(H,24,29). The smallest absolute Gasteiger partial charge is 0.340 e. The van der Waals surface area contributed by atoms with Gasteiger partial charge in [0.1, 0.15) is 6.54 Å². The molecule has 2 aliphatic rings. The molecule has 12 nitrogen and oxygen atoms in total. The first-order valence-corrected chi connectivity index (χ1v) is 10.7. The molecule has 1 N–H and O–H groups in total. The summed E-state index contributed by atoms with van der Waals surface area (Å²) < 4.78 is 15.5. The molecule has 0 aromatic heterocycles. The maximum Gasteiger partial charge on any atom is 0.340 e. The molecule has 0 spiro atoms. The second-order valence-electron chi connectivity index (χ2n) is 7.56. The number of rotatable bonds is 8. The van der Waals surface area contributed by atoms with Crippen LogP contribution in [-0.4, -0.2) is 68.2 Å². The number of fused-ring (bicyclic) bond motifs is 1. The van der Waals surface area contributed by atoms with Gasteiger partial charge in [0.25, 0.3) is 11.8 Å². The maximum absolute atomic E-state index is 13.2. The minimum atomic E-state index is -1.07. The minimum Gasteiger partial charge on any atom is -0.493 e. The molecule has 2 aromatic carbocycles. The van der Waals surface area contributed by atoms with Gasteiger partial charge in [-0.2, -0.15) is 5.11 Å². The van der Waals surface area contributed by atoms with Gasteiger partial charge in [0.2, 0.25) is 5.91 Å². The van der Waals surface area contributed by atoms with E-state index in [9.17, 15) is 19.2 Å². The lowest BCUT2D eigenvalue weighted by Gasteiger charge is -2.21. The lowest BCUT2D eigenvalue weighted by Crippen LogP contribution is -2.43. The molecule has 12 heteroatoms. The number of hydrogen-bond acceptors (Lipinski definition) is 10. The highest BCUT2D eigenvalue weighted by atomic mass is 16.5. The molecular formula is C23H23N5O7. The number of carbonyl (C=O) groups is 4. The van der Waals surface area contributed by atoms with Crippen molar-refractivity contribution in [3.05, 3.63) is 48.0 Å². The Morgan fingerprint density at radius 1 is 1.03 bits per heavy atom. The van der Waals surface area contributed by atoms with E-state index < -0.39 is 35.8 Å². The van der Waals surface area contributed by atoms with Crippen LogP contribution < -0.4 is 19.7 Å². The van der Waals surface area contributed by atoms with E-state index >= 15 is 0 Å². The van der Waals surface area contributed by atoms with Crippen molar-refractivity contribution in [2.45, 2.75) is 19.0 Å². The Hall–Kier alpha value is -4.48. The van der Waals surface area contributed by atoms with Crippen LogP contribution in [-0.2, 0) is 19.1 Å². The molecule has 4 rings (SSSR count). The average Bonchev–Trinajstić information content (AvgIpc) is 3.37. The SMILES string of the molecule is CCOC(=O)c1ccccc1NC(=O)CN1N=NC2C(=O)N(c3ccc(OC)c(OC)c3)C(=O)C21. The number of nitrogens with zero attached hydrogens (tertiary/aromatic N) is 4. The fraction of sp³-hybridized carbons (Fsp3) is 0.304. The van der Waals surface area contributed by atoms with Gasteiger partial charge in [-0.05, 0) is 31.2 Å². The molecule has 1 fully saturated rings. The van der Waals surface area contributed by atoms with Crippen molar-refractivity contribution >= 4 is 35.1 Å². The highest BCUT2D eigenvalue weighted by Crippen LogP contribution is 2.36. The first-order chi connectivity index (χ1) is 16.9. The molecule has 2 atom stereocenters. The van der Waals surface area contributed by atoms with Crippen LogP contribution >= 0.6 is 0 Å². The van der Waals surface area contributed by atoms with Crippen LogP contribution in [0.15, 0.2) is 52.8 Å². The van der Waals surface area contributed by atoms with Gasteiger partial charge in [-0.15, -0.1) is 0 Å². The molecule has 0 saturated carbocycles. The Balaban J connectivity index is 1.50. The molecule has 2 heterocycles. The van der Waals surface area contributed by atoms with Gasteiger partial charge in [-0.3, -0.25) is 19.4 Å². The first-order valence-electron chi connectivity index (χ1n) is 10.7. The van der Waals surface area contributed by atoms with Gasteiger partial charge in [0.15, 0.2) is 23.6 Å². The molecule has 2 aromatic rings. The van der Waals surface area contributed by atoms with E-state index in [2.05, 4.69) is 15.7 Å². The van der Waals surface area contributed by atoms with Crippen LogP contribution in [0.4, 0.5) is 11.4 Å². The normalized spacial score (nSPS) is 18.5. The van der Waals surface area contributed by atoms with Gasteiger partial charge in [0, 0.05) is 6.07 Å². The number of amides is 3. The second kappa shape index (κ2) is 9.79. The lowest BCUT2D eigenvalue weighted by atomic mass is 10.1. The van der Waals surface area contributed by atoms with Crippen molar-refractivity contribution in [3.8, 4) is 11.5 Å². The zero-order valence-electron chi connectivity index (χ0n) is 19.3. The summed E-state index contributed by atoms with van der Waals surface area (Å²) in [5, 5.41) is 11.6. The number of carbonyl (C=O) groups excluding carboxylic acids is 4. The number of methoxy groups -OCH3 is 2. The van der Waals surface area contributed by atoms with E-state index in [1.807, 2.05) is 0 Å². The van der Waals surface area contributed by atoms with Crippen molar-refractivity contribution < 1.29 is 33.4 Å². The third kappa shape index (κ3) is 4.37. The Morgan fingerprint density at radius 2 is 1.77 bits per heavy atom. The van der Waals surface area contributed by atoms with Crippen molar-refractivity contribution in [2.24, 2.45) is 10.3 Å². The van der Waals surface area contributed by atoms with E-state index in [0.717, 1.165) is 9.91 Å². The summed E-state index contributed by atoms with van der Waals surface area (Å²) in [5.74, 6) is -1.47. The molecule has 1 saturated heterocycles. The predicted molar refractivity (Wildman–Crippen MR) is 122 cm³/mol. The van der Waals surface area contributed by atoms with Crippen molar-refractivity contribution in [3.63, 3.8) is 0 Å².